The summed E-state index contributed by atoms with van der Waals surface area (Å²) in [4.78, 5) is 18.3. The number of likely N-dealkylation sites (N-methyl/N-ethyl adjacent to an activating group) is 1. The Morgan fingerprint density at radius 3 is 3.21 bits per heavy atom. The maximum atomic E-state index is 11.8. The third-order valence-corrected chi connectivity index (χ3v) is 3.36. The Morgan fingerprint density at radius 2 is 2.47 bits per heavy atom. The van der Waals surface area contributed by atoms with E-state index in [2.05, 4.69) is 22.1 Å². The smallest absolute Gasteiger partial charge is 0.226 e. The Bertz CT molecular complexity index is 397. The third kappa shape index (κ3) is 4.29. The van der Waals surface area contributed by atoms with E-state index >= 15 is 0 Å². The van der Waals surface area contributed by atoms with Crippen molar-refractivity contribution >= 4 is 5.91 Å². The van der Waals surface area contributed by atoms with E-state index < -0.39 is 0 Å². The van der Waals surface area contributed by atoms with Crippen LogP contribution in [0.4, 0.5) is 0 Å². The molecule has 1 saturated heterocycles. The van der Waals surface area contributed by atoms with Gasteiger partial charge in [0.1, 0.15) is 0 Å². The minimum absolute atomic E-state index is 0.0142. The van der Waals surface area contributed by atoms with E-state index in [-0.39, 0.29) is 11.9 Å². The Labute approximate surface area is 114 Å². The zero-order valence-corrected chi connectivity index (χ0v) is 11.3. The number of aromatic nitrogens is 1. The first-order valence-corrected chi connectivity index (χ1v) is 6.78. The molecular formula is C14H21N3O2. The predicted octanol–water partition coefficient (Wildman–Crippen LogP) is 0.461. The Morgan fingerprint density at radius 1 is 1.58 bits per heavy atom. The number of nitrogens with zero attached hydrogens (tertiary/aromatic N) is 2. The molecule has 5 nitrogen and oxygen atoms in total. The zero-order valence-electron chi connectivity index (χ0n) is 11.3. The lowest BCUT2D eigenvalue weighted by molar-refractivity contribution is -0.121. The number of hydrogen-bond acceptors (Lipinski definition) is 4. The van der Waals surface area contributed by atoms with E-state index in [1.165, 1.54) is 0 Å². The fraction of sp³-hybridized carbons (Fsp3) is 0.571. The Kier molecular flexibility index (Phi) is 5.30. The molecule has 104 valence electrons. The van der Waals surface area contributed by atoms with Gasteiger partial charge in [0.2, 0.25) is 5.91 Å². The lowest BCUT2D eigenvalue weighted by atomic mass is 10.2. The number of carbonyl (C=O) groups excluding carboxylic acids is 1. The molecule has 0 saturated carbocycles. The first-order chi connectivity index (χ1) is 9.29. The third-order valence-electron chi connectivity index (χ3n) is 3.36. The van der Waals surface area contributed by atoms with E-state index in [0.29, 0.717) is 19.6 Å². The summed E-state index contributed by atoms with van der Waals surface area (Å²) >= 11 is 0. The van der Waals surface area contributed by atoms with Crippen LogP contribution in [0.5, 0.6) is 0 Å². The highest BCUT2D eigenvalue weighted by Crippen LogP contribution is 2.05. The van der Waals surface area contributed by atoms with E-state index in [4.69, 9.17) is 4.74 Å². The number of nitrogens with one attached hydrogen (secondary N) is 1. The number of rotatable bonds is 5. The van der Waals surface area contributed by atoms with Crippen molar-refractivity contribution in [1.29, 1.82) is 0 Å². The highest BCUT2D eigenvalue weighted by molar-refractivity contribution is 5.78. The normalized spacial score (nSPS) is 20.2. The molecule has 2 heterocycles. The summed E-state index contributed by atoms with van der Waals surface area (Å²) in [7, 11) is 0. The minimum Gasteiger partial charge on any atom is -0.378 e. The van der Waals surface area contributed by atoms with Crippen molar-refractivity contribution in [3.05, 3.63) is 30.1 Å². The maximum Gasteiger partial charge on any atom is 0.226 e. The van der Waals surface area contributed by atoms with Crippen molar-refractivity contribution in [3.8, 4) is 0 Å². The highest BCUT2D eigenvalue weighted by Gasteiger charge is 2.21. The molecule has 1 aliphatic rings. The topological polar surface area (TPSA) is 54.5 Å². The predicted molar refractivity (Wildman–Crippen MR) is 72.8 cm³/mol. The number of hydrogen-bond donors (Lipinski definition) is 1. The van der Waals surface area contributed by atoms with E-state index in [9.17, 15) is 4.79 Å². The van der Waals surface area contributed by atoms with Crippen LogP contribution in [-0.2, 0) is 16.0 Å². The van der Waals surface area contributed by atoms with Crippen molar-refractivity contribution in [1.82, 2.24) is 15.2 Å². The second-order valence-corrected chi connectivity index (χ2v) is 4.66. The van der Waals surface area contributed by atoms with Crippen molar-refractivity contribution in [2.45, 2.75) is 19.4 Å². The van der Waals surface area contributed by atoms with Crippen LogP contribution in [0.2, 0.25) is 0 Å². The molecule has 1 N–H and O–H groups in total. The number of pyridine rings is 1. The maximum absolute atomic E-state index is 11.8. The standard InChI is InChI=1S/C14H21N3O2/c1-2-17-7-8-19-11-13(17)10-16-14(18)9-12-5-3-4-6-15-12/h3-6,13H,2,7-11H2,1H3,(H,16,18). The fourth-order valence-corrected chi connectivity index (χ4v) is 2.25. The van der Waals surface area contributed by atoms with Gasteiger partial charge in [-0.25, -0.2) is 0 Å². The zero-order chi connectivity index (χ0) is 13.5. The molecule has 1 aromatic heterocycles. The van der Waals surface area contributed by atoms with Crippen LogP contribution < -0.4 is 5.32 Å². The summed E-state index contributed by atoms with van der Waals surface area (Å²) in [6, 6.07) is 5.89. The summed E-state index contributed by atoms with van der Waals surface area (Å²) < 4.78 is 5.46. The van der Waals surface area contributed by atoms with Crippen molar-refractivity contribution in [2.75, 3.05) is 32.8 Å². The molecule has 19 heavy (non-hydrogen) atoms. The van der Waals surface area contributed by atoms with Gasteiger partial charge in [0.15, 0.2) is 0 Å². The van der Waals surface area contributed by atoms with Crippen LogP contribution in [0, 0.1) is 0 Å². The van der Waals surface area contributed by atoms with Gasteiger partial charge in [-0.2, -0.15) is 0 Å². The molecule has 1 amide bonds. The van der Waals surface area contributed by atoms with Crippen LogP contribution in [0.15, 0.2) is 24.4 Å². The van der Waals surface area contributed by atoms with Gasteiger partial charge in [0, 0.05) is 25.0 Å². The van der Waals surface area contributed by atoms with Gasteiger partial charge in [-0.3, -0.25) is 14.7 Å². The Hall–Kier alpha value is -1.46. The van der Waals surface area contributed by atoms with Crippen LogP contribution in [0.25, 0.3) is 0 Å². The number of ether oxygens (including phenoxy) is 1. The molecule has 1 aromatic rings. The summed E-state index contributed by atoms with van der Waals surface area (Å²) in [5.41, 5.74) is 0.798. The van der Waals surface area contributed by atoms with Crippen molar-refractivity contribution < 1.29 is 9.53 Å². The molecule has 1 aliphatic heterocycles. The van der Waals surface area contributed by atoms with Crippen LogP contribution in [0.3, 0.4) is 0 Å². The monoisotopic (exact) mass is 263 g/mol. The summed E-state index contributed by atoms with van der Waals surface area (Å²) in [6.07, 6.45) is 2.04. The van der Waals surface area contributed by atoms with Gasteiger partial charge < -0.3 is 10.1 Å². The number of amides is 1. The quantitative estimate of drug-likeness (QED) is 0.838. The second-order valence-electron chi connectivity index (χ2n) is 4.66. The van der Waals surface area contributed by atoms with Gasteiger partial charge in [0.05, 0.1) is 25.7 Å². The van der Waals surface area contributed by atoms with Gasteiger partial charge in [-0.1, -0.05) is 13.0 Å². The van der Waals surface area contributed by atoms with E-state index in [1.54, 1.807) is 6.20 Å². The van der Waals surface area contributed by atoms with Crippen molar-refractivity contribution in [3.63, 3.8) is 0 Å². The molecule has 0 spiro atoms. The molecule has 0 bridgehead atoms. The average Bonchev–Trinajstić information content (AvgIpc) is 2.46. The molecule has 0 aliphatic carbocycles. The molecule has 1 fully saturated rings. The molecule has 1 unspecified atom stereocenters. The average molecular weight is 263 g/mol. The number of morpholine rings is 1. The fourth-order valence-electron chi connectivity index (χ4n) is 2.25. The van der Waals surface area contributed by atoms with Crippen LogP contribution >= 0.6 is 0 Å². The van der Waals surface area contributed by atoms with E-state index in [1.807, 2.05) is 18.2 Å². The second kappa shape index (κ2) is 7.21. The van der Waals surface area contributed by atoms with Gasteiger partial charge in [0.25, 0.3) is 0 Å². The van der Waals surface area contributed by atoms with Crippen LogP contribution in [-0.4, -0.2) is 54.7 Å². The number of carbonyl (C=O) groups is 1. The summed E-state index contributed by atoms with van der Waals surface area (Å²) in [6.45, 7) is 6.18. The van der Waals surface area contributed by atoms with Crippen molar-refractivity contribution in [2.24, 2.45) is 0 Å². The largest absolute Gasteiger partial charge is 0.378 e. The van der Waals surface area contributed by atoms with E-state index in [0.717, 1.165) is 25.4 Å². The molecule has 5 heteroatoms. The molecule has 1 atom stereocenters. The molecule has 2 rings (SSSR count). The van der Waals surface area contributed by atoms with Gasteiger partial charge in [-0.15, -0.1) is 0 Å². The molecule has 0 radical (unpaired) electrons. The van der Waals surface area contributed by atoms with Crippen LogP contribution in [0.1, 0.15) is 12.6 Å². The van der Waals surface area contributed by atoms with Gasteiger partial charge >= 0.3 is 0 Å². The summed E-state index contributed by atoms with van der Waals surface area (Å²) in [5, 5.41) is 2.96. The van der Waals surface area contributed by atoms with Gasteiger partial charge in [-0.05, 0) is 18.7 Å². The molecule has 0 aromatic carbocycles. The first-order valence-electron chi connectivity index (χ1n) is 6.78. The summed E-state index contributed by atoms with van der Waals surface area (Å²) in [5.74, 6) is 0.0142. The Balaban J connectivity index is 1.76. The lowest BCUT2D eigenvalue weighted by Crippen LogP contribution is -2.51. The molecular weight excluding hydrogens is 242 g/mol. The SMILES string of the molecule is CCN1CCOCC1CNC(=O)Cc1ccccn1. The minimum atomic E-state index is 0.0142. The lowest BCUT2D eigenvalue weighted by Gasteiger charge is -2.34. The highest BCUT2D eigenvalue weighted by atomic mass is 16.5. The first kappa shape index (κ1) is 14.0.